The monoisotopic (exact) mass is 415 g/mol. The zero-order chi connectivity index (χ0) is 20.9. The molecule has 1 unspecified atom stereocenters. The van der Waals surface area contributed by atoms with Gasteiger partial charge in [0.2, 0.25) is 0 Å². The zero-order valence-corrected chi connectivity index (χ0v) is 15.1. The van der Waals surface area contributed by atoms with Gasteiger partial charge in [0.15, 0.2) is 29.0 Å². The third-order valence-corrected chi connectivity index (χ3v) is 4.85. The van der Waals surface area contributed by atoms with Crippen LogP contribution in [0.3, 0.4) is 0 Å². The molecule has 0 saturated carbocycles. The molecule has 5 nitrogen and oxygen atoms in total. The number of aryl methyl sites for hydroxylation is 1. The third-order valence-electron chi connectivity index (χ3n) is 4.85. The Kier molecular flexibility index (Phi) is 4.62. The maximum Gasteiger partial charge on any atom is 0.434 e. The lowest BCUT2D eigenvalue weighted by atomic mass is 9.97. The van der Waals surface area contributed by atoms with E-state index in [9.17, 15) is 26.3 Å². The quantitative estimate of drug-likeness (QED) is 0.478. The van der Waals surface area contributed by atoms with Crippen molar-refractivity contribution in [3.8, 4) is 11.6 Å². The van der Waals surface area contributed by atoms with Gasteiger partial charge in [0.25, 0.3) is 0 Å². The summed E-state index contributed by atoms with van der Waals surface area (Å²) in [6.45, 7) is 2.43. The van der Waals surface area contributed by atoms with Gasteiger partial charge in [0, 0.05) is 31.8 Å². The van der Waals surface area contributed by atoms with Gasteiger partial charge in [-0.05, 0) is 24.0 Å². The van der Waals surface area contributed by atoms with E-state index in [0.717, 1.165) is 12.3 Å². The van der Waals surface area contributed by atoms with E-state index in [-0.39, 0.29) is 36.1 Å². The molecule has 0 saturated heterocycles. The number of alkyl halides is 3. The molecule has 1 aromatic carbocycles. The Bertz CT molecular complexity index is 1070. The minimum Gasteiger partial charge on any atom is -0.326 e. The maximum absolute atomic E-state index is 13.9. The lowest BCUT2D eigenvalue weighted by Gasteiger charge is -2.18. The van der Waals surface area contributed by atoms with Crippen molar-refractivity contribution in [2.45, 2.75) is 39.0 Å². The Morgan fingerprint density at radius 3 is 2.41 bits per heavy atom. The van der Waals surface area contributed by atoms with Crippen molar-refractivity contribution in [1.82, 2.24) is 24.3 Å². The van der Waals surface area contributed by atoms with Crippen LogP contribution < -0.4 is 0 Å². The van der Waals surface area contributed by atoms with Crippen molar-refractivity contribution in [3.05, 3.63) is 52.9 Å². The van der Waals surface area contributed by atoms with E-state index in [0.29, 0.717) is 24.9 Å². The number of hydrogen-bond donors (Lipinski definition) is 0. The molecule has 1 aliphatic rings. The molecule has 4 rings (SSSR count). The standard InChI is InChI=1S/C18H15F6N5/c1-9(4-10-6-12(20)13(21)7-11(10)19)5-15-26-27-17-16-25-14(18(22,23)24)8-28(16)2-3-29(15)17/h6-9H,2-5H2,1H3. The Balaban J connectivity index is 1.55. The normalized spacial score (nSPS) is 14.6. The first-order valence-corrected chi connectivity index (χ1v) is 8.83. The largest absolute Gasteiger partial charge is 0.434 e. The van der Waals surface area contributed by atoms with Gasteiger partial charge in [-0.2, -0.15) is 13.2 Å². The van der Waals surface area contributed by atoms with Gasteiger partial charge in [-0.25, -0.2) is 18.2 Å². The zero-order valence-electron chi connectivity index (χ0n) is 15.1. The van der Waals surface area contributed by atoms with E-state index in [1.54, 1.807) is 11.5 Å². The van der Waals surface area contributed by atoms with Crippen molar-refractivity contribution in [1.29, 1.82) is 0 Å². The van der Waals surface area contributed by atoms with Crippen LogP contribution in [0.25, 0.3) is 11.6 Å². The molecule has 1 aliphatic heterocycles. The van der Waals surface area contributed by atoms with Gasteiger partial charge in [-0.1, -0.05) is 6.92 Å². The number of nitrogens with zero attached hydrogens (tertiary/aromatic N) is 5. The van der Waals surface area contributed by atoms with Crippen LogP contribution in [0, 0.1) is 23.4 Å². The van der Waals surface area contributed by atoms with Crippen LogP contribution in [-0.2, 0) is 32.1 Å². The Morgan fingerprint density at radius 1 is 0.966 bits per heavy atom. The molecule has 1 atom stereocenters. The van der Waals surface area contributed by atoms with Crippen LogP contribution >= 0.6 is 0 Å². The molecule has 2 aromatic heterocycles. The number of rotatable bonds is 4. The van der Waals surface area contributed by atoms with E-state index in [1.807, 2.05) is 0 Å². The van der Waals surface area contributed by atoms with Crippen molar-refractivity contribution in [2.75, 3.05) is 0 Å². The number of aromatic nitrogens is 5. The Morgan fingerprint density at radius 2 is 1.69 bits per heavy atom. The van der Waals surface area contributed by atoms with Gasteiger partial charge < -0.3 is 9.13 Å². The Labute approximate surface area is 161 Å². The molecular formula is C18H15F6N5. The summed E-state index contributed by atoms with van der Waals surface area (Å²) >= 11 is 0. The fraction of sp³-hybridized carbons (Fsp3) is 0.389. The van der Waals surface area contributed by atoms with E-state index >= 15 is 0 Å². The second kappa shape index (κ2) is 6.89. The summed E-state index contributed by atoms with van der Waals surface area (Å²) < 4.78 is 82.1. The molecule has 3 aromatic rings. The highest BCUT2D eigenvalue weighted by atomic mass is 19.4. The second-order valence-corrected chi connectivity index (χ2v) is 7.10. The molecule has 0 radical (unpaired) electrons. The number of fused-ring (bicyclic) bond motifs is 3. The highest BCUT2D eigenvalue weighted by molar-refractivity contribution is 5.47. The lowest BCUT2D eigenvalue weighted by Crippen LogP contribution is -2.19. The highest BCUT2D eigenvalue weighted by Crippen LogP contribution is 2.32. The predicted octanol–water partition coefficient (Wildman–Crippen LogP) is 4.01. The van der Waals surface area contributed by atoms with Gasteiger partial charge >= 0.3 is 6.18 Å². The smallest absolute Gasteiger partial charge is 0.326 e. The fourth-order valence-corrected chi connectivity index (χ4v) is 3.48. The van der Waals surface area contributed by atoms with E-state index in [1.165, 1.54) is 4.57 Å². The summed E-state index contributed by atoms with van der Waals surface area (Å²) in [5.74, 6) is -2.58. The van der Waals surface area contributed by atoms with Crippen molar-refractivity contribution in [2.24, 2.45) is 5.92 Å². The molecule has 0 N–H and O–H groups in total. The SMILES string of the molecule is CC(Cc1cc(F)c(F)cc1F)Cc1nnc2n1CCn1cc(C(F)(F)F)nc1-2. The first-order chi connectivity index (χ1) is 13.6. The molecule has 11 heteroatoms. The first kappa shape index (κ1) is 19.5. The molecular weight excluding hydrogens is 400 g/mol. The minimum absolute atomic E-state index is 0.0418. The number of hydrogen-bond acceptors (Lipinski definition) is 3. The van der Waals surface area contributed by atoms with Crippen molar-refractivity contribution < 1.29 is 26.3 Å². The van der Waals surface area contributed by atoms with Gasteiger partial charge in [-0.3, -0.25) is 0 Å². The maximum atomic E-state index is 13.9. The number of imidazole rings is 1. The molecule has 3 heterocycles. The third kappa shape index (κ3) is 3.60. The first-order valence-electron chi connectivity index (χ1n) is 8.83. The highest BCUT2D eigenvalue weighted by Gasteiger charge is 2.36. The van der Waals surface area contributed by atoms with Crippen molar-refractivity contribution in [3.63, 3.8) is 0 Å². The van der Waals surface area contributed by atoms with Gasteiger partial charge in [0.05, 0.1) is 0 Å². The average molecular weight is 415 g/mol. The molecule has 29 heavy (non-hydrogen) atoms. The molecule has 154 valence electrons. The van der Waals surface area contributed by atoms with E-state index in [4.69, 9.17) is 0 Å². The summed E-state index contributed by atoms with van der Waals surface area (Å²) in [6.07, 6.45) is -3.14. The van der Waals surface area contributed by atoms with Crippen LogP contribution in [0.15, 0.2) is 18.3 Å². The summed E-state index contributed by atoms with van der Waals surface area (Å²) in [7, 11) is 0. The van der Waals surface area contributed by atoms with Crippen LogP contribution in [-0.4, -0.2) is 24.3 Å². The predicted molar refractivity (Wildman–Crippen MR) is 89.1 cm³/mol. The number of benzene rings is 1. The molecule has 0 fully saturated rings. The second-order valence-electron chi connectivity index (χ2n) is 7.10. The fourth-order valence-electron chi connectivity index (χ4n) is 3.48. The van der Waals surface area contributed by atoms with Crippen molar-refractivity contribution >= 4 is 0 Å². The lowest BCUT2D eigenvalue weighted by molar-refractivity contribution is -0.140. The molecule has 0 bridgehead atoms. The van der Waals surface area contributed by atoms with Crippen LogP contribution in [0.2, 0.25) is 0 Å². The molecule has 0 aliphatic carbocycles. The van der Waals surface area contributed by atoms with Gasteiger partial charge in [0.1, 0.15) is 11.6 Å². The van der Waals surface area contributed by atoms with Crippen LogP contribution in [0.1, 0.15) is 24.0 Å². The minimum atomic E-state index is -4.55. The molecule has 0 amide bonds. The van der Waals surface area contributed by atoms with Crippen LogP contribution in [0.4, 0.5) is 26.3 Å². The summed E-state index contributed by atoms with van der Waals surface area (Å²) in [6, 6.07) is 1.34. The van der Waals surface area contributed by atoms with E-state index in [2.05, 4.69) is 15.2 Å². The van der Waals surface area contributed by atoms with Crippen LogP contribution in [0.5, 0.6) is 0 Å². The summed E-state index contributed by atoms with van der Waals surface area (Å²) in [5.41, 5.74) is -0.951. The summed E-state index contributed by atoms with van der Waals surface area (Å²) in [5, 5.41) is 8.03. The Hall–Kier alpha value is -2.85. The topological polar surface area (TPSA) is 48.5 Å². The average Bonchev–Trinajstić information content (AvgIpc) is 3.23. The summed E-state index contributed by atoms with van der Waals surface area (Å²) in [4.78, 5) is 3.64. The van der Waals surface area contributed by atoms with E-state index < -0.39 is 29.3 Å². The number of halogens is 6. The molecule has 0 spiro atoms. The van der Waals surface area contributed by atoms with Gasteiger partial charge in [-0.15, -0.1) is 10.2 Å².